The SMILES string of the molecule is CN(C)C(C1CCCC1)C1(CN)COC1. The van der Waals surface area contributed by atoms with Crippen molar-refractivity contribution in [3.8, 4) is 0 Å². The Morgan fingerprint density at radius 3 is 2.27 bits per heavy atom. The molecule has 1 unspecified atom stereocenters. The van der Waals surface area contributed by atoms with Crippen LogP contribution in [-0.2, 0) is 4.74 Å². The van der Waals surface area contributed by atoms with Crippen LogP contribution in [0.2, 0.25) is 0 Å². The van der Waals surface area contributed by atoms with Gasteiger partial charge < -0.3 is 15.4 Å². The van der Waals surface area contributed by atoms with Gasteiger partial charge in [0.1, 0.15) is 0 Å². The quantitative estimate of drug-likeness (QED) is 0.758. The molecule has 15 heavy (non-hydrogen) atoms. The normalized spacial score (nSPS) is 28.0. The first-order valence-corrected chi connectivity index (χ1v) is 6.14. The average molecular weight is 212 g/mol. The van der Waals surface area contributed by atoms with E-state index in [2.05, 4.69) is 19.0 Å². The van der Waals surface area contributed by atoms with E-state index in [-0.39, 0.29) is 5.41 Å². The molecule has 2 fully saturated rings. The molecule has 1 saturated heterocycles. The third kappa shape index (κ3) is 1.93. The van der Waals surface area contributed by atoms with Crippen molar-refractivity contribution in [1.82, 2.24) is 4.90 Å². The summed E-state index contributed by atoms with van der Waals surface area (Å²) in [7, 11) is 4.39. The summed E-state index contributed by atoms with van der Waals surface area (Å²) >= 11 is 0. The van der Waals surface area contributed by atoms with Crippen molar-refractivity contribution in [2.45, 2.75) is 31.7 Å². The van der Waals surface area contributed by atoms with E-state index in [0.29, 0.717) is 6.04 Å². The Balaban J connectivity index is 2.10. The lowest BCUT2D eigenvalue weighted by molar-refractivity contribution is -0.154. The molecule has 1 aliphatic heterocycles. The molecule has 0 bridgehead atoms. The minimum Gasteiger partial charge on any atom is -0.380 e. The molecule has 0 aromatic carbocycles. The summed E-state index contributed by atoms with van der Waals surface area (Å²) < 4.78 is 5.41. The number of nitrogens with two attached hydrogens (primary N) is 1. The van der Waals surface area contributed by atoms with E-state index in [1.54, 1.807) is 0 Å². The number of nitrogens with zero attached hydrogens (tertiary/aromatic N) is 1. The molecule has 1 saturated carbocycles. The van der Waals surface area contributed by atoms with Gasteiger partial charge in [0, 0.05) is 18.0 Å². The van der Waals surface area contributed by atoms with Crippen LogP contribution in [0.1, 0.15) is 25.7 Å². The summed E-state index contributed by atoms with van der Waals surface area (Å²) in [5.74, 6) is 0.840. The smallest absolute Gasteiger partial charge is 0.0572 e. The van der Waals surface area contributed by atoms with Gasteiger partial charge in [-0.05, 0) is 32.9 Å². The van der Waals surface area contributed by atoms with Gasteiger partial charge in [0.05, 0.1) is 13.2 Å². The fraction of sp³-hybridized carbons (Fsp3) is 1.00. The predicted octanol–water partition coefficient (Wildman–Crippen LogP) is 1.08. The van der Waals surface area contributed by atoms with E-state index in [1.807, 2.05) is 0 Å². The van der Waals surface area contributed by atoms with E-state index >= 15 is 0 Å². The Bertz CT molecular complexity index is 202. The molecule has 0 aromatic heterocycles. The molecule has 1 heterocycles. The van der Waals surface area contributed by atoms with Crippen molar-refractivity contribution in [3.05, 3.63) is 0 Å². The van der Waals surface area contributed by atoms with Crippen molar-refractivity contribution < 1.29 is 4.74 Å². The Kier molecular flexibility index (Phi) is 3.33. The second-order valence-electron chi connectivity index (χ2n) is 5.51. The molecule has 1 atom stereocenters. The van der Waals surface area contributed by atoms with Gasteiger partial charge in [-0.2, -0.15) is 0 Å². The van der Waals surface area contributed by atoms with Crippen LogP contribution >= 0.6 is 0 Å². The van der Waals surface area contributed by atoms with Crippen molar-refractivity contribution in [3.63, 3.8) is 0 Å². The molecule has 0 amide bonds. The summed E-state index contributed by atoms with van der Waals surface area (Å²) in [6.07, 6.45) is 5.56. The summed E-state index contributed by atoms with van der Waals surface area (Å²) in [5, 5.41) is 0. The molecule has 0 aromatic rings. The third-order valence-corrected chi connectivity index (χ3v) is 4.22. The first-order valence-electron chi connectivity index (χ1n) is 6.14. The highest BCUT2D eigenvalue weighted by atomic mass is 16.5. The highest BCUT2D eigenvalue weighted by Crippen LogP contribution is 2.42. The van der Waals surface area contributed by atoms with E-state index in [4.69, 9.17) is 10.5 Å². The maximum atomic E-state index is 5.97. The van der Waals surface area contributed by atoms with Crippen LogP contribution < -0.4 is 5.73 Å². The molecule has 2 rings (SSSR count). The molecule has 3 heteroatoms. The van der Waals surface area contributed by atoms with Gasteiger partial charge in [0.15, 0.2) is 0 Å². The van der Waals surface area contributed by atoms with Crippen LogP contribution in [0.3, 0.4) is 0 Å². The zero-order valence-electron chi connectivity index (χ0n) is 10.0. The predicted molar refractivity (Wildman–Crippen MR) is 61.7 cm³/mol. The maximum Gasteiger partial charge on any atom is 0.0572 e. The van der Waals surface area contributed by atoms with Crippen LogP contribution in [0, 0.1) is 11.3 Å². The van der Waals surface area contributed by atoms with Crippen molar-refractivity contribution >= 4 is 0 Å². The molecular formula is C12H24N2O. The highest BCUT2D eigenvalue weighted by Gasteiger charge is 2.49. The first kappa shape index (κ1) is 11.4. The van der Waals surface area contributed by atoms with Gasteiger partial charge in [-0.3, -0.25) is 0 Å². The summed E-state index contributed by atoms with van der Waals surface area (Å²) in [6, 6.07) is 0.624. The maximum absolute atomic E-state index is 5.97. The molecule has 2 N–H and O–H groups in total. The second kappa shape index (κ2) is 4.40. The number of hydrogen-bond acceptors (Lipinski definition) is 3. The topological polar surface area (TPSA) is 38.5 Å². The Morgan fingerprint density at radius 2 is 1.93 bits per heavy atom. The van der Waals surface area contributed by atoms with E-state index < -0.39 is 0 Å². The van der Waals surface area contributed by atoms with Crippen LogP contribution in [0.15, 0.2) is 0 Å². The number of ether oxygens (including phenoxy) is 1. The zero-order valence-corrected chi connectivity index (χ0v) is 10.0. The van der Waals surface area contributed by atoms with Gasteiger partial charge in [0.25, 0.3) is 0 Å². The van der Waals surface area contributed by atoms with Gasteiger partial charge in [0.2, 0.25) is 0 Å². The first-order chi connectivity index (χ1) is 7.19. The second-order valence-corrected chi connectivity index (χ2v) is 5.51. The number of hydrogen-bond donors (Lipinski definition) is 1. The van der Waals surface area contributed by atoms with Crippen LogP contribution in [0.4, 0.5) is 0 Å². The molecular weight excluding hydrogens is 188 g/mol. The molecule has 1 aliphatic carbocycles. The van der Waals surface area contributed by atoms with Gasteiger partial charge in [-0.1, -0.05) is 12.8 Å². The van der Waals surface area contributed by atoms with Crippen molar-refractivity contribution in [2.75, 3.05) is 33.9 Å². The van der Waals surface area contributed by atoms with E-state index in [1.165, 1.54) is 25.7 Å². The summed E-state index contributed by atoms with van der Waals surface area (Å²) in [5.41, 5.74) is 6.22. The molecule has 2 aliphatic rings. The largest absolute Gasteiger partial charge is 0.380 e. The lowest BCUT2D eigenvalue weighted by Crippen LogP contribution is -2.62. The van der Waals surface area contributed by atoms with Gasteiger partial charge in [-0.15, -0.1) is 0 Å². The minimum atomic E-state index is 0.249. The fourth-order valence-electron chi connectivity index (χ4n) is 3.52. The highest BCUT2D eigenvalue weighted by molar-refractivity contribution is 5.00. The lowest BCUT2D eigenvalue weighted by Gasteiger charge is -2.51. The number of rotatable bonds is 4. The molecule has 3 nitrogen and oxygen atoms in total. The lowest BCUT2D eigenvalue weighted by atomic mass is 9.71. The van der Waals surface area contributed by atoms with Crippen LogP contribution in [-0.4, -0.2) is 44.8 Å². The molecule has 0 spiro atoms. The van der Waals surface area contributed by atoms with E-state index in [0.717, 1.165) is 25.7 Å². The molecule has 88 valence electrons. The average Bonchev–Trinajstić information content (AvgIpc) is 2.62. The molecule has 0 radical (unpaired) electrons. The van der Waals surface area contributed by atoms with E-state index in [9.17, 15) is 0 Å². The van der Waals surface area contributed by atoms with Gasteiger partial charge >= 0.3 is 0 Å². The Morgan fingerprint density at radius 1 is 1.33 bits per heavy atom. The van der Waals surface area contributed by atoms with Crippen molar-refractivity contribution in [1.29, 1.82) is 0 Å². The van der Waals surface area contributed by atoms with Crippen molar-refractivity contribution in [2.24, 2.45) is 17.1 Å². The summed E-state index contributed by atoms with van der Waals surface area (Å²) in [6.45, 7) is 2.50. The third-order valence-electron chi connectivity index (χ3n) is 4.22. The Labute approximate surface area is 93.0 Å². The van der Waals surface area contributed by atoms with Gasteiger partial charge in [-0.25, -0.2) is 0 Å². The van der Waals surface area contributed by atoms with Crippen LogP contribution in [0.5, 0.6) is 0 Å². The summed E-state index contributed by atoms with van der Waals surface area (Å²) in [4.78, 5) is 2.38. The zero-order chi connectivity index (χ0) is 10.9. The Hall–Kier alpha value is -0.120. The fourth-order valence-corrected chi connectivity index (χ4v) is 3.52. The van der Waals surface area contributed by atoms with Crippen LogP contribution in [0.25, 0.3) is 0 Å². The standard InChI is InChI=1S/C12H24N2O/c1-14(2)11(10-5-3-4-6-10)12(7-13)8-15-9-12/h10-11H,3-9,13H2,1-2H3. The monoisotopic (exact) mass is 212 g/mol. The minimum absolute atomic E-state index is 0.249.